The summed E-state index contributed by atoms with van der Waals surface area (Å²) in [6, 6.07) is 6.66. The molecular weight excluding hydrogens is 310 g/mol. The zero-order valence-corrected chi connectivity index (χ0v) is 14.2. The van der Waals surface area contributed by atoms with Crippen LogP contribution in [0.3, 0.4) is 0 Å². The van der Waals surface area contributed by atoms with Crippen LogP contribution in [-0.2, 0) is 14.3 Å². The fourth-order valence-electron chi connectivity index (χ4n) is 3.21. The van der Waals surface area contributed by atoms with E-state index >= 15 is 0 Å². The van der Waals surface area contributed by atoms with Gasteiger partial charge in [0.2, 0.25) is 0 Å². The fourth-order valence-corrected chi connectivity index (χ4v) is 3.21. The summed E-state index contributed by atoms with van der Waals surface area (Å²) in [5.41, 5.74) is -0.120. The second-order valence-electron chi connectivity index (χ2n) is 6.29. The van der Waals surface area contributed by atoms with Gasteiger partial charge >= 0.3 is 5.97 Å². The summed E-state index contributed by atoms with van der Waals surface area (Å²) < 4.78 is 10.9. The van der Waals surface area contributed by atoms with E-state index in [4.69, 9.17) is 14.6 Å². The number of ether oxygens (including phenoxy) is 2. The molecule has 1 aliphatic carbocycles. The molecule has 0 spiro atoms. The molecule has 0 aliphatic heterocycles. The van der Waals surface area contributed by atoms with Crippen molar-refractivity contribution in [2.45, 2.75) is 45.1 Å². The Hall–Kier alpha value is -2.08. The quantitative estimate of drug-likeness (QED) is 0.800. The first kappa shape index (κ1) is 18.3. The van der Waals surface area contributed by atoms with Crippen LogP contribution in [0.15, 0.2) is 24.3 Å². The van der Waals surface area contributed by atoms with Crippen LogP contribution in [0.4, 0.5) is 5.69 Å². The van der Waals surface area contributed by atoms with Gasteiger partial charge in [-0.05, 0) is 56.4 Å². The lowest BCUT2D eigenvalue weighted by atomic mass is 9.78. The number of benzene rings is 1. The summed E-state index contributed by atoms with van der Waals surface area (Å²) in [6.07, 6.45) is 3.57. The van der Waals surface area contributed by atoms with Crippen molar-refractivity contribution in [1.29, 1.82) is 0 Å². The lowest BCUT2D eigenvalue weighted by Gasteiger charge is -2.38. The molecule has 1 fully saturated rings. The minimum Gasteiger partial charge on any atom is -0.482 e. The minimum atomic E-state index is -1.03. The highest BCUT2D eigenvalue weighted by molar-refractivity contribution is 5.97. The summed E-state index contributed by atoms with van der Waals surface area (Å²) in [5, 5.41) is 11.5. The Morgan fingerprint density at radius 1 is 1.33 bits per heavy atom. The van der Waals surface area contributed by atoms with Crippen molar-refractivity contribution in [1.82, 2.24) is 0 Å². The maximum absolute atomic E-state index is 12.8. The number of carbonyl (C=O) groups excluding carboxylic acids is 1. The molecule has 132 valence electrons. The molecule has 0 saturated heterocycles. The van der Waals surface area contributed by atoms with Gasteiger partial charge in [0.25, 0.3) is 5.91 Å². The first-order valence-electron chi connectivity index (χ1n) is 8.35. The molecule has 0 bridgehead atoms. The van der Waals surface area contributed by atoms with Crippen molar-refractivity contribution in [2.75, 3.05) is 18.5 Å². The Morgan fingerprint density at radius 3 is 2.62 bits per heavy atom. The average Bonchev–Trinajstić information content (AvgIpc) is 2.54. The number of carbonyl (C=O) groups is 2. The first-order valence-corrected chi connectivity index (χ1v) is 8.35. The Balaban J connectivity index is 2.02. The third-order valence-corrected chi connectivity index (χ3v) is 4.26. The number of amides is 1. The number of carboxylic acids is 1. The summed E-state index contributed by atoms with van der Waals surface area (Å²) in [6.45, 7) is 4.16. The highest BCUT2D eigenvalue weighted by atomic mass is 16.5. The van der Waals surface area contributed by atoms with Crippen LogP contribution in [-0.4, -0.2) is 35.8 Å². The molecule has 1 aliphatic rings. The van der Waals surface area contributed by atoms with E-state index < -0.39 is 18.2 Å². The molecule has 0 radical (unpaired) electrons. The molecule has 2 rings (SSSR count). The molecule has 1 aromatic rings. The van der Waals surface area contributed by atoms with Gasteiger partial charge in [0.15, 0.2) is 6.61 Å². The molecule has 2 atom stereocenters. The van der Waals surface area contributed by atoms with Crippen molar-refractivity contribution in [2.24, 2.45) is 5.92 Å². The summed E-state index contributed by atoms with van der Waals surface area (Å²) in [4.78, 5) is 23.3. The summed E-state index contributed by atoms with van der Waals surface area (Å²) in [5.74, 6) is -0.239. The second kappa shape index (κ2) is 8.15. The van der Waals surface area contributed by atoms with E-state index in [9.17, 15) is 9.59 Å². The molecule has 1 amide bonds. The normalized spacial score (nSPS) is 23.5. The number of anilines is 1. The molecule has 2 unspecified atom stereocenters. The zero-order chi connectivity index (χ0) is 17.6. The molecular formula is C18H25NO5. The van der Waals surface area contributed by atoms with Crippen LogP contribution >= 0.6 is 0 Å². The monoisotopic (exact) mass is 335 g/mol. The van der Waals surface area contributed by atoms with E-state index in [0.29, 0.717) is 24.0 Å². The summed E-state index contributed by atoms with van der Waals surface area (Å²) >= 11 is 0. The number of carboxylic acid groups (broad SMARTS) is 1. The molecule has 0 heterocycles. The van der Waals surface area contributed by atoms with Crippen LogP contribution in [0.1, 0.15) is 39.5 Å². The first-order chi connectivity index (χ1) is 11.4. The Kier molecular flexibility index (Phi) is 6.20. The van der Waals surface area contributed by atoms with Crippen LogP contribution < -0.4 is 10.1 Å². The van der Waals surface area contributed by atoms with E-state index in [1.807, 2.05) is 6.92 Å². The standard InChI is InChI=1S/C18H25NO5/c1-3-24-18(10-4-5-13(2)11-18)17(22)19-14-6-8-15(9-7-14)23-12-16(20)21/h6-9,13H,3-5,10-12H2,1-2H3,(H,19,22)(H,20,21). The largest absolute Gasteiger partial charge is 0.482 e. The Morgan fingerprint density at radius 2 is 2.04 bits per heavy atom. The van der Waals surface area contributed by atoms with Gasteiger partial charge < -0.3 is 19.9 Å². The molecule has 6 nitrogen and oxygen atoms in total. The van der Waals surface area contributed by atoms with Crippen LogP contribution in [0.25, 0.3) is 0 Å². The van der Waals surface area contributed by atoms with Crippen LogP contribution in [0.2, 0.25) is 0 Å². The van der Waals surface area contributed by atoms with E-state index in [1.165, 1.54) is 0 Å². The lowest BCUT2D eigenvalue weighted by molar-refractivity contribution is -0.147. The highest BCUT2D eigenvalue weighted by Gasteiger charge is 2.42. The molecule has 24 heavy (non-hydrogen) atoms. The van der Waals surface area contributed by atoms with Gasteiger partial charge in [0.05, 0.1) is 0 Å². The van der Waals surface area contributed by atoms with E-state index in [-0.39, 0.29) is 5.91 Å². The number of hydrogen-bond donors (Lipinski definition) is 2. The molecule has 6 heteroatoms. The van der Waals surface area contributed by atoms with E-state index in [1.54, 1.807) is 24.3 Å². The maximum Gasteiger partial charge on any atom is 0.341 e. The predicted molar refractivity (Wildman–Crippen MR) is 90.2 cm³/mol. The van der Waals surface area contributed by atoms with Crippen molar-refractivity contribution in [3.05, 3.63) is 24.3 Å². The van der Waals surface area contributed by atoms with Crippen LogP contribution in [0.5, 0.6) is 5.75 Å². The Labute approximate surface area is 142 Å². The number of aliphatic carboxylic acids is 1. The van der Waals surface area contributed by atoms with Crippen molar-refractivity contribution < 1.29 is 24.2 Å². The van der Waals surface area contributed by atoms with Gasteiger partial charge in [-0.2, -0.15) is 0 Å². The number of rotatable bonds is 7. The zero-order valence-electron chi connectivity index (χ0n) is 14.2. The fraction of sp³-hybridized carbons (Fsp3) is 0.556. The number of hydrogen-bond acceptors (Lipinski definition) is 4. The van der Waals surface area contributed by atoms with E-state index in [2.05, 4.69) is 12.2 Å². The second-order valence-corrected chi connectivity index (χ2v) is 6.29. The SMILES string of the molecule is CCOC1(C(=O)Nc2ccc(OCC(=O)O)cc2)CCCC(C)C1. The van der Waals surface area contributed by atoms with Gasteiger partial charge in [0.1, 0.15) is 11.4 Å². The minimum absolute atomic E-state index is 0.116. The maximum atomic E-state index is 12.8. The third kappa shape index (κ3) is 4.71. The van der Waals surface area contributed by atoms with Crippen molar-refractivity contribution in [3.63, 3.8) is 0 Å². The lowest BCUT2D eigenvalue weighted by Crippen LogP contribution is -2.48. The van der Waals surface area contributed by atoms with E-state index in [0.717, 1.165) is 25.7 Å². The average molecular weight is 335 g/mol. The molecule has 2 N–H and O–H groups in total. The van der Waals surface area contributed by atoms with Gasteiger partial charge in [0, 0.05) is 12.3 Å². The van der Waals surface area contributed by atoms with Crippen molar-refractivity contribution in [3.8, 4) is 5.75 Å². The number of nitrogens with one attached hydrogen (secondary N) is 1. The predicted octanol–water partition coefficient (Wildman–Crippen LogP) is 3.07. The summed E-state index contributed by atoms with van der Waals surface area (Å²) in [7, 11) is 0. The highest BCUT2D eigenvalue weighted by Crippen LogP contribution is 2.36. The van der Waals surface area contributed by atoms with Crippen LogP contribution in [0, 0.1) is 5.92 Å². The smallest absolute Gasteiger partial charge is 0.341 e. The van der Waals surface area contributed by atoms with Gasteiger partial charge in [-0.25, -0.2) is 4.79 Å². The van der Waals surface area contributed by atoms with Gasteiger partial charge in [-0.3, -0.25) is 4.79 Å². The van der Waals surface area contributed by atoms with Gasteiger partial charge in [-0.15, -0.1) is 0 Å². The topological polar surface area (TPSA) is 84.9 Å². The third-order valence-electron chi connectivity index (χ3n) is 4.26. The molecule has 0 aromatic heterocycles. The molecule has 1 saturated carbocycles. The van der Waals surface area contributed by atoms with Crippen molar-refractivity contribution >= 4 is 17.6 Å². The van der Waals surface area contributed by atoms with Gasteiger partial charge in [-0.1, -0.05) is 13.3 Å². The molecule has 1 aromatic carbocycles. The Bertz CT molecular complexity index is 567.